The monoisotopic (exact) mass is 381 g/mol. The second-order valence-corrected chi connectivity index (χ2v) is 8.86. The predicted octanol–water partition coefficient (Wildman–Crippen LogP) is 3.56. The van der Waals surface area contributed by atoms with Gasteiger partial charge in [0.15, 0.2) is 0 Å². The van der Waals surface area contributed by atoms with E-state index in [0.717, 1.165) is 25.7 Å². The summed E-state index contributed by atoms with van der Waals surface area (Å²) < 4.78 is 39.0. The molecule has 136 valence electrons. The molecule has 1 N–H and O–H groups in total. The highest BCUT2D eigenvalue weighted by atomic mass is 32.2. The summed E-state index contributed by atoms with van der Waals surface area (Å²) in [6, 6.07) is 6.89. The van der Waals surface area contributed by atoms with Crippen LogP contribution in [0.3, 0.4) is 0 Å². The van der Waals surface area contributed by atoms with Crippen LogP contribution in [0.1, 0.15) is 31.2 Å². The van der Waals surface area contributed by atoms with Gasteiger partial charge < -0.3 is 9.47 Å². The minimum Gasteiger partial charge on any atom is -0.497 e. The van der Waals surface area contributed by atoms with E-state index in [2.05, 4.69) is 21.5 Å². The molecule has 0 radical (unpaired) electrons. The molecule has 0 saturated heterocycles. The van der Waals surface area contributed by atoms with Crippen LogP contribution >= 0.6 is 11.3 Å². The van der Waals surface area contributed by atoms with Crippen molar-refractivity contribution in [2.45, 2.75) is 36.0 Å². The van der Waals surface area contributed by atoms with Gasteiger partial charge in [-0.25, -0.2) is 13.1 Å². The molecule has 0 atom stereocenters. The van der Waals surface area contributed by atoms with Crippen LogP contribution in [0.15, 0.2) is 39.9 Å². The molecule has 2 aromatic rings. The molecule has 0 unspecified atom stereocenters. The molecule has 3 rings (SSSR count). The number of ether oxygens (including phenoxy) is 2. The molecular formula is C18H23NO4S2. The lowest BCUT2D eigenvalue weighted by atomic mass is 9.81. The van der Waals surface area contributed by atoms with E-state index in [4.69, 9.17) is 9.47 Å². The van der Waals surface area contributed by atoms with Crippen molar-refractivity contribution < 1.29 is 17.9 Å². The molecule has 0 aliphatic heterocycles. The highest BCUT2D eigenvalue weighted by Crippen LogP contribution is 2.42. The van der Waals surface area contributed by atoms with Gasteiger partial charge in [-0.3, -0.25) is 0 Å². The fraction of sp³-hybridized carbons (Fsp3) is 0.444. The SMILES string of the molecule is COc1ccc(OC)c(S(=O)(=O)NCC2(c3ccsc3)CCCC2)c1. The summed E-state index contributed by atoms with van der Waals surface area (Å²) in [4.78, 5) is 0.104. The van der Waals surface area contributed by atoms with Crippen LogP contribution in [-0.2, 0) is 15.4 Å². The lowest BCUT2D eigenvalue weighted by molar-refractivity contribution is 0.390. The Balaban J connectivity index is 1.87. The summed E-state index contributed by atoms with van der Waals surface area (Å²) in [7, 11) is -0.731. The first kappa shape index (κ1) is 18.2. The van der Waals surface area contributed by atoms with Gasteiger partial charge in [0.2, 0.25) is 10.0 Å². The van der Waals surface area contributed by atoms with Crippen LogP contribution in [-0.4, -0.2) is 29.2 Å². The van der Waals surface area contributed by atoms with Crippen LogP contribution < -0.4 is 14.2 Å². The quantitative estimate of drug-likeness (QED) is 0.796. The van der Waals surface area contributed by atoms with Crippen molar-refractivity contribution in [2.24, 2.45) is 0 Å². The van der Waals surface area contributed by atoms with Crippen molar-refractivity contribution in [3.63, 3.8) is 0 Å². The first-order valence-corrected chi connectivity index (χ1v) is 10.7. The number of hydrogen-bond donors (Lipinski definition) is 1. The Bertz CT molecular complexity index is 810. The van der Waals surface area contributed by atoms with E-state index in [1.165, 1.54) is 25.8 Å². The topological polar surface area (TPSA) is 64.6 Å². The van der Waals surface area contributed by atoms with Crippen molar-refractivity contribution in [1.29, 1.82) is 0 Å². The first-order valence-electron chi connectivity index (χ1n) is 8.25. The summed E-state index contributed by atoms with van der Waals surface area (Å²) in [5, 5.41) is 4.18. The highest BCUT2D eigenvalue weighted by molar-refractivity contribution is 7.89. The molecule has 25 heavy (non-hydrogen) atoms. The minimum atomic E-state index is -3.70. The Morgan fingerprint density at radius 2 is 1.92 bits per heavy atom. The standard InChI is InChI=1S/C18H23NO4S2/c1-22-15-5-6-16(23-2)17(11-15)25(20,21)19-13-18(8-3-4-9-18)14-7-10-24-12-14/h5-7,10-12,19H,3-4,8-9,13H2,1-2H3. The maximum atomic E-state index is 12.9. The summed E-state index contributed by atoms with van der Waals surface area (Å²) in [5.41, 5.74) is 1.12. The van der Waals surface area contributed by atoms with Gasteiger partial charge in [-0.05, 0) is 47.4 Å². The lowest BCUT2D eigenvalue weighted by Gasteiger charge is -2.28. The molecule has 1 saturated carbocycles. The first-order chi connectivity index (χ1) is 12.0. The number of sulfonamides is 1. The molecule has 1 aliphatic rings. The van der Waals surface area contributed by atoms with Crippen molar-refractivity contribution in [1.82, 2.24) is 4.72 Å². The molecule has 1 aliphatic carbocycles. The van der Waals surface area contributed by atoms with E-state index < -0.39 is 10.0 Å². The van der Waals surface area contributed by atoms with Crippen LogP contribution in [0.25, 0.3) is 0 Å². The molecule has 1 heterocycles. The van der Waals surface area contributed by atoms with E-state index in [-0.39, 0.29) is 10.3 Å². The Hall–Kier alpha value is -1.57. The van der Waals surface area contributed by atoms with E-state index >= 15 is 0 Å². The predicted molar refractivity (Wildman–Crippen MR) is 99.2 cm³/mol. The molecule has 5 nitrogen and oxygen atoms in total. The average Bonchev–Trinajstić information content (AvgIpc) is 3.31. The van der Waals surface area contributed by atoms with Gasteiger partial charge in [-0.2, -0.15) is 11.3 Å². The zero-order valence-corrected chi connectivity index (χ0v) is 16.1. The number of thiophene rings is 1. The number of methoxy groups -OCH3 is 2. The van der Waals surface area contributed by atoms with Crippen LogP contribution in [0, 0.1) is 0 Å². The molecule has 7 heteroatoms. The van der Waals surface area contributed by atoms with Gasteiger partial charge in [0.1, 0.15) is 16.4 Å². The van der Waals surface area contributed by atoms with Crippen LogP contribution in [0.2, 0.25) is 0 Å². The maximum Gasteiger partial charge on any atom is 0.244 e. The fourth-order valence-corrected chi connectivity index (χ4v) is 5.58. The number of rotatable bonds is 7. The van der Waals surface area contributed by atoms with E-state index in [9.17, 15) is 8.42 Å². The van der Waals surface area contributed by atoms with Gasteiger partial charge in [0.05, 0.1) is 14.2 Å². The van der Waals surface area contributed by atoms with Gasteiger partial charge in [-0.15, -0.1) is 0 Å². The van der Waals surface area contributed by atoms with Gasteiger partial charge in [-0.1, -0.05) is 12.8 Å². The number of hydrogen-bond acceptors (Lipinski definition) is 5. The second-order valence-electron chi connectivity index (χ2n) is 6.34. The molecule has 1 aromatic heterocycles. The smallest absolute Gasteiger partial charge is 0.244 e. The Morgan fingerprint density at radius 3 is 2.52 bits per heavy atom. The van der Waals surface area contributed by atoms with Gasteiger partial charge in [0.25, 0.3) is 0 Å². The second kappa shape index (κ2) is 7.35. The molecular weight excluding hydrogens is 358 g/mol. The maximum absolute atomic E-state index is 12.9. The van der Waals surface area contributed by atoms with E-state index in [1.54, 1.807) is 23.5 Å². The minimum absolute atomic E-state index is 0.104. The third-order valence-electron chi connectivity index (χ3n) is 4.96. The Kier molecular flexibility index (Phi) is 5.36. The molecule has 0 amide bonds. The highest BCUT2D eigenvalue weighted by Gasteiger charge is 2.37. The van der Waals surface area contributed by atoms with Crippen molar-refractivity contribution in [2.75, 3.05) is 20.8 Å². The van der Waals surface area contributed by atoms with Crippen LogP contribution in [0.5, 0.6) is 11.5 Å². The zero-order chi connectivity index (χ0) is 17.9. The van der Waals surface area contributed by atoms with Crippen LogP contribution in [0.4, 0.5) is 0 Å². The molecule has 0 spiro atoms. The van der Waals surface area contributed by atoms with Crippen molar-refractivity contribution in [3.05, 3.63) is 40.6 Å². The summed E-state index contributed by atoms with van der Waals surface area (Å²) >= 11 is 1.65. The number of benzene rings is 1. The van der Waals surface area contributed by atoms with Gasteiger partial charge in [0, 0.05) is 18.0 Å². The normalized spacial score (nSPS) is 16.7. The molecule has 1 aromatic carbocycles. The third-order valence-corrected chi connectivity index (χ3v) is 7.06. The van der Waals surface area contributed by atoms with E-state index in [1.807, 2.05) is 0 Å². The van der Waals surface area contributed by atoms with E-state index in [0.29, 0.717) is 18.0 Å². The van der Waals surface area contributed by atoms with Crippen molar-refractivity contribution >= 4 is 21.4 Å². The van der Waals surface area contributed by atoms with Gasteiger partial charge >= 0.3 is 0 Å². The fourth-order valence-electron chi connectivity index (χ4n) is 3.49. The zero-order valence-electron chi connectivity index (χ0n) is 14.4. The average molecular weight is 382 g/mol. The summed E-state index contributed by atoms with van der Waals surface area (Å²) in [6.07, 6.45) is 4.25. The largest absolute Gasteiger partial charge is 0.497 e. The third kappa shape index (κ3) is 3.68. The Labute approximate surface area is 153 Å². The van der Waals surface area contributed by atoms with Crippen molar-refractivity contribution in [3.8, 4) is 11.5 Å². The summed E-state index contributed by atoms with van der Waals surface area (Å²) in [6.45, 7) is 0.395. The molecule has 0 bridgehead atoms. The summed E-state index contributed by atoms with van der Waals surface area (Å²) in [5.74, 6) is 0.791. The lowest BCUT2D eigenvalue weighted by Crippen LogP contribution is -2.38. The number of nitrogens with one attached hydrogen (secondary N) is 1. The molecule has 1 fully saturated rings. The Morgan fingerprint density at radius 1 is 1.16 bits per heavy atom.